The number of nitrogens with one attached hydrogen (secondary N) is 1. The Morgan fingerprint density at radius 3 is 2.65 bits per heavy atom. The van der Waals surface area contributed by atoms with Crippen LogP contribution in [0.1, 0.15) is 31.2 Å². The Labute approximate surface area is 118 Å². The van der Waals surface area contributed by atoms with E-state index in [-0.39, 0.29) is 6.10 Å². The normalized spacial score (nSPS) is 12.4. The zero-order chi connectivity index (χ0) is 14.5. The number of anilines is 1. The number of aliphatic hydroxyl groups is 1. The molecule has 0 aliphatic rings. The Balaban J connectivity index is 2.01. The van der Waals surface area contributed by atoms with Crippen LogP contribution in [0, 0.1) is 13.8 Å². The van der Waals surface area contributed by atoms with E-state index >= 15 is 0 Å². The first-order chi connectivity index (χ1) is 9.60. The van der Waals surface area contributed by atoms with Crippen molar-refractivity contribution >= 4 is 5.82 Å². The lowest BCUT2D eigenvalue weighted by molar-refractivity contribution is 0.176. The second-order valence-corrected chi connectivity index (χ2v) is 4.94. The van der Waals surface area contributed by atoms with Gasteiger partial charge in [0.25, 0.3) is 0 Å². The standard InChI is InChI=1S/C14H21N5O/c1-4-5-12(20)9-15-13-6-7-14(17-16-13)19-11(3)8-10(2)18-19/h6-8,12,20H,4-5,9H2,1-3H3,(H,15,16)/t12-/m0/s1. The second kappa shape index (κ2) is 6.47. The molecule has 0 fully saturated rings. The van der Waals surface area contributed by atoms with Gasteiger partial charge >= 0.3 is 0 Å². The molecule has 0 saturated carbocycles. The summed E-state index contributed by atoms with van der Waals surface area (Å²) in [4.78, 5) is 0. The topological polar surface area (TPSA) is 75.9 Å². The van der Waals surface area contributed by atoms with Crippen molar-refractivity contribution in [3.8, 4) is 5.82 Å². The van der Waals surface area contributed by atoms with Crippen molar-refractivity contribution in [2.45, 2.75) is 39.7 Å². The number of hydrogen-bond donors (Lipinski definition) is 2. The van der Waals surface area contributed by atoms with Gasteiger partial charge in [-0.1, -0.05) is 13.3 Å². The first kappa shape index (κ1) is 14.5. The van der Waals surface area contributed by atoms with Gasteiger partial charge in [0.05, 0.1) is 11.8 Å². The smallest absolute Gasteiger partial charge is 0.176 e. The van der Waals surface area contributed by atoms with Crippen LogP contribution in [0.2, 0.25) is 0 Å². The van der Waals surface area contributed by atoms with E-state index in [4.69, 9.17) is 0 Å². The van der Waals surface area contributed by atoms with Crippen LogP contribution in [0.3, 0.4) is 0 Å². The summed E-state index contributed by atoms with van der Waals surface area (Å²) < 4.78 is 1.76. The fourth-order valence-electron chi connectivity index (χ4n) is 2.05. The Hall–Kier alpha value is -1.95. The van der Waals surface area contributed by atoms with Gasteiger partial charge in [0.15, 0.2) is 5.82 Å². The first-order valence-corrected chi connectivity index (χ1v) is 6.89. The summed E-state index contributed by atoms with van der Waals surface area (Å²) in [5.41, 5.74) is 1.98. The highest BCUT2D eigenvalue weighted by Gasteiger charge is 2.07. The average Bonchev–Trinajstić information content (AvgIpc) is 2.76. The average molecular weight is 275 g/mol. The molecular weight excluding hydrogens is 254 g/mol. The molecule has 0 aliphatic heterocycles. The molecule has 108 valence electrons. The van der Waals surface area contributed by atoms with E-state index in [1.165, 1.54) is 0 Å². The van der Waals surface area contributed by atoms with E-state index in [1.54, 1.807) is 4.68 Å². The molecule has 20 heavy (non-hydrogen) atoms. The highest BCUT2D eigenvalue weighted by molar-refractivity contribution is 5.36. The molecule has 6 heteroatoms. The third-order valence-corrected chi connectivity index (χ3v) is 3.02. The van der Waals surface area contributed by atoms with E-state index in [2.05, 4.69) is 20.6 Å². The number of aromatic nitrogens is 4. The SMILES string of the molecule is CCC[C@H](O)CNc1ccc(-n2nc(C)cc2C)nn1. The van der Waals surface area contributed by atoms with Gasteiger partial charge < -0.3 is 10.4 Å². The van der Waals surface area contributed by atoms with Crippen LogP contribution in [0.15, 0.2) is 18.2 Å². The maximum atomic E-state index is 9.66. The highest BCUT2D eigenvalue weighted by Crippen LogP contribution is 2.10. The van der Waals surface area contributed by atoms with Crippen molar-refractivity contribution in [2.24, 2.45) is 0 Å². The Morgan fingerprint density at radius 2 is 2.10 bits per heavy atom. The highest BCUT2D eigenvalue weighted by atomic mass is 16.3. The molecule has 1 atom stereocenters. The molecular formula is C14H21N5O. The van der Waals surface area contributed by atoms with Gasteiger partial charge in [-0.15, -0.1) is 10.2 Å². The summed E-state index contributed by atoms with van der Waals surface area (Å²) in [5, 5.41) is 25.4. The monoisotopic (exact) mass is 275 g/mol. The molecule has 2 aromatic rings. The van der Waals surface area contributed by atoms with Crippen molar-refractivity contribution in [1.29, 1.82) is 0 Å². The molecule has 0 aromatic carbocycles. The van der Waals surface area contributed by atoms with Crippen LogP contribution in [0.4, 0.5) is 5.82 Å². The van der Waals surface area contributed by atoms with Gasteiger partial charge in [-0.2, -0.15) is 5.10 Å². The third kappa shape index (κ3) is 3.54. The van der Waals surface area contributed by atoms with Crippen molar-refractivity contribution in [3.05, 3.63) is 29.6 Å². The number of rotatable bonds is 6. The molecule has 0 unspecified atom stereocenters. The fraction of sp³-hybridized carbons (Fsp3) is 0.500. The summed E-state index contributed by atoms with van der Waals surface area (Å²) in [7, 11) is 0. The molecule has 6 nitrogen and oxygen atoms in total. The number of hydrogen-bond acceptors (Lipinski definition) is 5. The zero-order valence-corrected chi connectivity index (χ0v) is 12.2. The molecule has 0 saturated heterocycles. The van der Waals surface area contributed by atoms with Crippen molar-refractivity contribution in [2.75, 3.05) is 11.9 Å². The zero-order valence-electron chi connectivity index (χ0n) is 12.2. The molecule has 0 aliphatic carbocycles. The molecule has 2 heterocycles. The number of nitrogens with zero attached hydrogens (tertiary/aromatic N) is 4. The Kier molecular flexibility index (Phi) is 4.68. The van der Waals surface area contributed by atoms with E-state index in [1.807, 2.05) is 39.0 Å². The summed E-state index contributed by atoms with van der Waals surface area (Å²) in [6, 6.07) is 5.70. The number of aryl methyl sites for hydroxylation is 2. The fourth-order valence-corrected chi connectivity index (χ4v) is 2.05. The largest absolute Gasteiger partial charge is 0.391 e. The third-order valence-electron chi connectivity index (χ3n) is 3.02. The molecule has 0 spiro atoms. The van der Waals surface area contributed by atoms with Crippen molar-refractivity contribution < 1.29 is 5.11 Å². The summed E-state index contributed by atoms with van der Waals surface area (Å²) in [5.74, 6) is 1.35. The molecule has 0 amide bonds. The van der Waals surface area contributed by atoms with Crippen LogP contribution < -0.4 is 5.32 Å². The minimum absolute atomic E-state index is 0.350. The lowest BCUT2D eigenvalue weighted by Crippen LogP contribution is -2.19. The predicted octanol–water partition coefficient (Wildman–Crippen LogP) is 1.85. The van der Waals surface area contributed by atoms with E-state index in [9.17, 15) is 5.11 Å². The lowest BCUT2D eigenvalue weighted by atomic mass is 10.2. The van der Waals surface area contributed by atoms with Crippen LogP contribution >= 0.6 is 0 Å². The molecule has 2 N–H and O–H groups in total. The molecule has 2 rings (SSSR count). The van der Waals surface area contributed by atoms with Crippen molar-refractivity contribution in [3.63, 3.8) is 0 Å². The number of aliphatic hydroxyl groups excluding tert-OH is 1. The van der Waals surface area contributed by atoms with Crippen LogP contribution in [-0.2, 0) is 0 Å². The van der Waals surface area contributed by atoms with Gasteiger partial charge in [0.1, 0.15) is 5.82 Å². The minimum atomic E-state index is -0.350. The lowest BCUT2D eigenvalue weighted by Gasteiger charge is -2.11. The maximum Gasteiger partial charge on any atom is 0.176 e. The minimum Gasteiger partial charge on any atom is -0.391 e. The van der Waals surface area contributed by atoms with Crippen molar-refractivity contribution in [1.82, 2.24) is 20.0 Å². The van der Waals surface area contributed by atoms with E-state index < -0.39 is 0 Å². The quantitative estimate of drug-likeness (QED) is 0.841. The summed E-state index contributed by atoms with van der Waals surface area (Å²) in [6.07, 6.45) is 1.40. The second-order valence-electron chi connectivity index (χ2n) is 4.94. The molecule has 0 radical (unpaired) electrons. The molecule has 2 aromatic heterocycles. The van der Waals surface area contributed by atoms with Crippen LogP contribution in [0.5, 0.6) is 0 Å². The Bertz CT molecular complexity index is 549. The van der Waals surface area contributed by atoms with Gasteiger partial charge in [-0.25, -0.2) is 4.68 Å². The molecule has 0 bridgehead atoms. The van der Waals surface area contributed by atoms with E-state index in [0.717, 1.165) is 24.2 Å². The predicted molar refractivity (Wildman–Crippen MR) is 78.0 cm³/mol. The van der Waals surface area contributed by atoms with E-state index in [0.29, 0.717) is 18.2 Å². The summed E-state index contributed by atoms with van der Waals surface area (Å²) in [6.45, 7) is 6.46. The van der Waals surface area contributed by atoms with Crippen LogP contribution in [0.25, 0.3) is 5.82 Å². The Morgan fingerprint density at radius 1 is 1.30 bits per heavy atom. The van der Waals surface area contributed by atoms with Gasteiger partial charge in [-0.05, 0) is 38.5 Å². The first-order valence-electron chi connectivity index (χ1n) is 6.89. The maximum absolute atomic E-state index is 9.66. The van der Waals surface area contributed by atoms with Gasteiger partial charge in [0, 0.05) is 12.2 Å². The summed E-state index contributed by atoms with van der Waals surface area (Å²) >= 11 is 0. The van der Waals surface area contributed by atoms with Gasteiger partial charge in [0.2, 0.25) is 0 Å². The van der Waals surface area contributed by atoms with Crippen LogP contribution in [-0.4, -0.2) is 37.7 Å². The van der Waals surface area contributed by atoms with Gasteiger partial charge in [-0.3, -0.25) is 0 Å².